The van der Waals surface area contributed by atoms with Crippen LogP contribution in [-0.4, -0.2) is 44.6 Å². The van der Waals surface area contributed by atoms with Crippen LogP contribution in [0.25, 0.3) is 0 Å². The Kier molecular flexibility index (Phi) is 5.74. The molecule has 0 unspecified atom stereocenters. The fourth-order valence-corrected chi connectivity index (χ4v) is 4.10. The van der Waals surface area contributed by atoms with Gasteiger partial charge in [-0.25, -0.2) is 8.42 Å². The number of hydrogen-bond donors (Lipinski definition) is 1. The Morgan fingerprint density at radius 1 is 1.50 bits per heavy atom. The highest BCUT2D eigenvalue weighted by atomic mass is 32.2. The molecule has 0 saturated carbocycles. The number of aryl methyl sites for hydroxylation is 1. The van der Waals surface area contributed by atoms with E-state index in [0.717, 1.165) is 0 Å². The van der Waals surface area contributed by atoms with Crippen molar-refractivity contribution in [3.05, 3.63) is 15.8 Å². The molecular formula is C11H19NO4S2. The van der Waals surface area contributed by atoms with Crippen molar-refractivity contribution in [1.82, 2.24) is 4.31 Å². The number of sulfonamides is 1. The molecule has 1 heterocycles. The van der Waals surface area contributed by atoms with E-state index >= 15 is 0 Å². The fourth-order valence-electron chi connectivity index (χ4n) is 1.48. The quantitative estimate of drug-likeness (QED) is 0.767. The van der Waals surface area contributed by atoms with Gasteiger partial charge in [-0.1, -0.05) is 0 Å². The Balaban J connectivity index is 2.87. The lowest BCUT2D eigenvalue weighted by atomic mass is 10.4. The summed E-state index contributed by atoms with van der Waals surface area (Å²) in [6.45, 7) is 4.74. The third-order valence-electron chi connectivity index (χ3n) is 2.52. The number of likely N-dealkylation sites (N-methyl/N-ethyl adjacent to an activating group) is 1. The highest BCUT2D eigenvalue weighted by Gasteiger charge is 2.24. The van der Waals surface area contributed by atoms with Crippen molar-refractivity contribution < 1.29 is 18.3 Å². The summed E-state index contributed by atoms with van der Waals surface area (Å²) in [5.74, 6) is 0. The summed E-state index contributed by atoms with van der Waals surface area (Å²) in [6.07, 6.45) is 0. The zero-order valence-electron chi connectivity index (χ0n) is 10.8. The van der Waals surface area contributed by atoms with Crippen molar-refractivity contribution in [3.8, 4) is 0 Å². The zero-order chi connectivity index (χ0) is 13.8. The molecule has 0 fully saturated rings. The molecule has 1 N–H and O–H groups in total. The van der Waals surface area contributed by atoms with Gasteiger partial charge >= 0.3 is 0 Å². The van der Waals surface area contributed by atoms with Gasteiger partial charge < -0.3 is 9.84 Å². The number of aliphatic hydroxyl groups is 1. The third-order valence-corrected chi connectivity index (χ3v) is 5.67. The van der Waals surface area contributed by atoms with E-state index < -0.39 is 10.0 Å². The van der Waals surface area contributed by atoms with E-state index in [-0.39, 0.29) is 11.5 Å². The molecule has 7 heteroatoms. The average Bonchev–Trinajstić information content (AvgIpc) is 2.71. The number of ether oxygens (including phenoxy) is 1. The van der Waals surface area contributed by atoms with Crippen LogP contribution in [-0.2, 0) is 21.4 Å². The van der Waals surface area contributed by atoms with Gasteiger partial charge in [0.2, 0.25) is 10.0 Å². The van der Waals surface area contributed by atoms with Crippen LogP contribution in [0.4, 0.5) is 0 Å². The third kappa shape index (κ3) is 3.52. The molecule has 1 rings (SSSR count). The van der Waals surface area contributed by atoms with Gasteiger partial charge in [0.1, 0.15) is 0 Å². The number of rotatable bonds is 7. The molecular weight excluding hydrogens is 274 g/mol. The summed E-state index contributed by atoms with van der Waals surface area (Å²) in [7, 11) is -1.95. The first-order valence-corrected chi connectivity index (χ1v) is 7.93. The van der Waals surface area contributed by atoms with Gasteiger partial charge in [0.15, 0.2) is 0 Å². The Bertz CT molecular complexity index is 481. The van der Waals surface area contributed by atoms with Crippen LogP contribution in [0.5, 0.6) is 0 Å². The van der Waals surface area contributed by atoms with Crippen LogP contribution in [0.2, 0.25) is 0 Å². The topological polar surface area (TPSA) is 66.8 Å². The maximum Gasteiger partial charge on any atom is 0.244 e. The molecule has 5 nitrogen and oxygen atoms in total. The molecule has 104 valence electrons. The minimum atomic E-state index is -3.49. The molecule has 0 aliphatic heterocycles. The van der Waals surface area contributed by atoms with E-state index in [9.17, 15) is 8.42 Å². The Hall–Kier alpha value is -0.470. The fraction of sp³-hybridized carbons (Fsp3) is 0.636. The predicted octanol–water partition coefficient (Wildman–Crippen LogP) is 1.21. The van der Waals surface area contributed by atoms with Crippen LogP contribution in [0, 0.1) is 6.92 Å². The Morgan fingerprint density at radius 3 is 2.67 bits per heavy atom. The van der Waals surface area contributed by atoms with Gasteiger partial charge in [0.05, 0.1) is 18.1 Å². The standard InChI is InChI=1S/C11H19NO4S2/c1-4-16-6-5-12(3)18(14,15)11-7-10(8-13)17-9(11)2/h7,13H,4-6,8H2,1-3H3. The molecule has 0 saturated heterocycles. The second-order valence-electron chi connectivity index (χ2n) is 3.81. The zero-order valence-corrected chi connectivity index (χ0v) is 12.5. The lowest BCUT2D eigenvalue weighted by molar-refractivity contribution is 0.138. The summed E-state index contributed by atoms with van der Waals surface area (Å²) < 4.78 is 31.0. The molecule has 0 bridgehead atoms. The number of nitrogens with zero attached hydrogens (tertiary/aromatic N) is 1. The average molecular weight is 293 g/mol. The highest BCUT2D eigenvalue weighted by molar-refractivity contribution is 7.89. The van der Waals surface area contributed by atoms with Crippen molar-refractivity contribution in [3.63, 3.8) is 0 Å². The molecule has 0 aromatic carbocycles. The van der Waals surface area contributed by atoms with Crippen molar-refractivity contribution in [2.24, 2.45) is 0 Å². The van der Waals surface area contributed by atoms with E-state index in [2.05, 4.69) is 0 Å². The SMILES string of the molecule is CCOCCN(C)S(=O)(=O)c1cc(CO)sc1C. The molecule has 0 aliphatic rings. The molecule has 0 atom stereocenters. The minimum absolute atomic E-state index is 0.135. The van der Waals surface area contributed by atoms with Gasteiger partial charge in [-0.05, 0) is 19.9 Å². The molecule has 0 amide bonds. The van der Waals surface area contributed by atoms with Crippen LogP contribution < -0.4 is 0 Å². The van der Waals surface area contributed by atoms with E-state index in [1.165, 1.54) is 28.8 Å². The number of thiophene rings is 1. The molecule has 0 aliphatic carbocycles. The smallest absolute Gasteiger partial charge is 0.244 e. The first-order valence-electron chi connectivity index (χ1n) is 5.67. The first kappa shape index (κ1) is 15.6. The van der Waals surface area contributed by atoms with Gasteiger partial charge in [0.25, 0.3) is 0 Å². The van der Waals surface area contributed by atoms with Crippen LogP contribution in [0.15, 0.2) is 11.0 Å². The maximum atomic E-state index is 12.3. The molecule has 18 heavy (non-hydrogen) atoms. The van der Waals surface area contributed by atoms with Crippen LogP contribution in [0.3, 0.4) is 0 Å². The molecule has 0 spiro atoms. The van der Waals surface area contributed by atoms with Crippen molar-refractivity contribution >= 4 is 21.4 Å². The summed E-state index contributed by atoms with van der Waals surface area (Å²) >= 11 is 1.30. The van der Waals surface area contributed by atoms with Crippen molar-refractivity contribution in [2.45, 2.75) is 25.3 Å². The Morgan fingerprint density at radius 2 is 2.17 bits per heavy atom. The molecule has 1 aromatic heterocycles. The minimum Gasteiger partial charge on any atom is -0.391 e. The lowest BCUT2D eigenvalue weighted by Crippen LogP contribution is -2.30. The van der Waals surface area contributed by atoms with E-state index in [1.54, 1.807) is 6.92 Å². The Labute approximate surface area is 112 Å². The monoisotopic (exact) mass is 293 g/mol. The van der Waals surface area contributed by atoms with Crippen LogP contribution >= 0.6 is 11.3 Å². The highest BCUT2D eigenvalue weighted by Crippen LogP contribution is 2.27. The molecule has 1 aromatic rings. The van der Waals surface area contributed by atoms with Crippen LogP contribution in [0.1, 0.15) is 16.7 Å². The summed E-state index contributed by atoms with van der Waals surface area (Å²) in [4.78, 5) is 1.63. The van der Waals surface area contributed by atoms with Gasteiger partial charge in [-0.3, -0.25) is 0 Å². The lowest BCUT2D eigenvalue weighted by Gasteiger charge is -2.16. The van der Waals surface area contributed by atoms with Crippen molar-refractivity contribution in [2.75, 3.05) is 26.8 Å². The predicted molar refractivity (Wildman–Crippen MR) is 71.3 cm³/mol. The maximum absolute atomic E-state index is 12.3. The number of aliphatic hydroxyl groups excluding tert-OH is 1. The first-order chi connectivity index (χ1) is 8.43. The normalized spacial score (nSPS) is 12.3. The number of hydrogen-bond acceptors (Lipinski definition) is 5. The largest absolute Gasteiger partial charge is 0.391 e. The summed E-state index contributed by atoms with van der Waals surface area (Å²) in [5, 5.41) is 9.04. The van der Waals surface area contributed by atoms with Gasteiger partial charge in [-0.2, -0.15) is 4.31 Å². The summed E-state index contributed by atoms with van der Waals surface area (Å²) in [6, 6.07) is 1.53. The summed E-state index contributed by atoms with van der Waals surface area (Å²) in [5.41, 5.74) is 0. The van der Waals surface area contributed by atoms with Gasteiger partial charge in [0, 0.05) is 30.0 Å². The van der Waals surface area contributed by atoms with E-state index in [0.29, 0.717) is 29.5 Å². The second kappa shape index (κ2) is 6.63. The van der Waals surface area contributed by atoms with E-state index in [4.69, 9.17) is 9.84 Å². The van der Waals surface area contributed by atoms with E-state index in [1.807, 2.05) is 6.92 Å². The molecule has 0 radical (unpaired) electrons. The van der Waals surface area contributed by atoms with Crippen molar-refractivity contribution in [1.29, 1.82) is 0 Å². The van der Waals surface area contributed by atoms with Gasteiger partial charge in [-0.15, -0.1) is 11.3 Å². The second-order valence-corrected chi connectivity index (χ2v) is 7.17.